The van der Waals surface area contributed by atoms with Crippen LogP contribution in [0.1, 0.15) is 10.5 Å². The first-order valence-electron chi connectivity index (χ1n) is 5.68. The fourth-order valence-electron chi connectivity index (χ4n) is 2.04. The van der Waals surface area contributed by atoms with E-state index < -0.39 is 10.2 Å². The second-order valence-corrected chi connectivity index (χ2v) is 6.37. The quantitative estimate of drug-likeness (QED) is 0.809. The molecule has 0 unspecified atom stereocenters. The highest BCUT2D eigenvalue weighted by Crippen LogP contribution is 2.16. The van der Waals surface area contributed by atoms with E-state index >= 15 is 0 Å². The molecule has 19 heavy (non-hydrogen) atoms. The Morgan fingerprint density at radius 2 is 1.89 bits per heavy atom. The van der Waals surface area contributed by atoms with Crippen LogP contribution in [0.3, 0.4) is 0 Å². The van der Waals surface area contributed by atoms with Gasteiger partial charge >= 0.3 is 0 Å². The number of aromatic nitrogens is 1. The van der Waals surface area contributed by atoms with Crippen molar-refractivity contribution in [1.82, 2.24) is 13.8 Å². The molecule has 2 rings (SSSR count). The third kappa shape index (κ3) is 3.08. The van der Waals surface area contributed by atoms with Crippen LogP contribution >= 0.6 is 11.6 Å². The van der Waals surface area contributed by atoms with Gasteiger partial charge in [-0.1, -0.05) is 11.6 Å². The number of amides is 1. The molecule has 0 saturated carbocycles. The van der Waals surface area contributed by atoms with Gasteiger partial charge in [0.1, 0.15) is 5.69 Å². The van der Waals surface area contributed by atoms with Gasteiger partial charge in [0.05, 0.1) is 5.02 Å². The van der Waals surface area contributed by atoms with Crippen LogP contribution in [-0.4, -0.2) is 54.3 Å². The number of rotatable bonds is 2. The van der Waals surface area contributed by atoms with Gasteiger partial charge in [0.15, 0.2) is 0 Å². The zero-order valence-corrected chi connectivity index (χ0v) is 12.0. The van der Waals surface area contributed by atoms with E-state index in [4.69, 9.17) is 16.7 Å². The molecule has 1 amide bonds. The van der Waals surface area contributed by atoms with E-state index in [1.165, 1.54) is 0 Å². The first-order valence-corrected chi connectivity index (χ1v) is 7.56. The summed E-state index contributed by atoms with van der Waals surface area (Å²) in [5.41, 5.74) is 0.481. The molecule has 1 fully saturated rings. The Bertz CT molecular complexity index is 590. The number of halogens is 1. The number of carbonyl (C=O) groups excluding carboxylic acids is 1. The Morgan fingerprint density at radius 1 is 1.32 bits per heavy atom. The molecule has 2 N–H and O–H groups in total. The molecule has 1 aromatic heterocycles. The van der Waals surface area contributed by atoms with Gasteiger partial charge in [-0.15, -0.1) is 0 Å². The lowest BCUT2D eigenvalue weighted by Gasteiger charge is -2.32. The van der Waals surface area contributed by atoms with Crippen molar-refractivity contribution < 1.29 is 13.2 Å². The van der Waals surface area contributed by atoms with E-state index in [-0.39, 0.29) is 19.0 Å². The summed E-state index contributed by atoms with van der Waals surface area (Å²) in [6.45, 7) is 1.06. The predicted molar refractivity (Wildman–Crippen MR) is 71.0 cm³/mol. The van der Waals surface area contributed by atoms with Gasteiger partial charge < -0.3 is 9.47 Å². The molecule has 0 aliphatic carbocycles. The molecule has 0 spiro atoms. The normalized spacial score (nSPS) is 17.7. The minimum absolute atomic E-state index is 0.163. The lowest BCUT2D eigenvalue weighted by Crippen LogP contribution is -2.52. The molecule has 0 bridgehead atoms. The van der Waals surface area contributed by atoms with Gasteiger partial charge in [-0.2, -0.15) is 12.7 Å². The summed E-state index contributed by atoms with van der Waals surface area (Å²) < 4.78 is 25.1. The van der Waals surface area contributed by atoms with Crippen molar-refractivity contribution in [3.8, 4) is 0 Å². The van der Waals surface area contributed by atoms with Gasteiger partial charge in [-0.3, -0.25) is 4.79 Å². The minimum atomic E-state index is -3.67. The largest absolute Gasteiger partial charge is 0.345 e. The molecule has 1 aliphatic rings. The lowest BCUT2D eigenvalue weighted by atomic mass is 10.3. The van der Waals surface area contributed by atoms with Crippen LogP contribution in [0, 0.1) is 0 Å². The Kier molecular flexibility index (Phi) is 3.86. The summed E-state index contributed by atoms with van der Waals surface area (Å²) in [5.74, 6) is -0.163. The molecular weight excluding hydrogens is 292 g/mol. The van der Waals surface area contributed by atoms with Gasteiger partial charge in [0.25, 0.3) is 16.1 Å². The molecule has 2 heterocycles. The van der Waals surface area contributed by atoms with Crippen molar-refractivity contribution in [2.45, 2.75) is 0 Å². The third-order valence-electron chi connectivity index (χ3n) is 3.08. The average Bonchev–Trinajstić information content (AvgIpc) is 2.66. The van der Waals surface area contributed by atoms with Crippen molar-refractivity contribution >= 4 is 27.7 Å². The van der Waals surface area contributed by atoms with Gasteiger partial charge in [-0.25, -0.2) is 5.14 Å². The first-order chi connectivity index (χ1) is 8.79. The van der Waals surface area contributed by atoms with Crippen LogP contribution < -0.4 is 5.14 Å². The molecule has 1 aromatic rings. The smallest absolute Gasteiger partial charge is 0.277 e. The van der Waals surface area contributed by atoms with Crippen molar-refractivity contribution in [2.24, 2.45) is 12.2 Å². The summed E-state index contributed by atoms with van der Waals surface area (Å²) in [6.07, 6.45) is 1.65. The van der Waals surface area contributed by atoms with E-state index in [1.807, 2.05) is 0 Å². The second kappa shape index (κ2) is 5.12. The molecular formula is C10H15ClN4O3S. The van der Waals surface area contributed by atoms with E-state index in [0.29, 0.717) is 23.8 Å². The number of piperazine rings is 1. The number of hydrogen-bond acceptors (Lipinski definition) is 3. The van der Waals surface area contributed by atoms with Crippen LogP contribution in [0.5, 0.6) is 0 Å². The Labute approximate surface area is 116 Å². The van der Waals surface area contributed by atoms with Crippen molar-refractivity contribution in [2.75, 3.05) is 26.2 Å². The zero-order chi connectivity index (χ0) is 14.2. The monoisotopic (exact) mass is 306 g/mol. The fraction of sp³-hybridized carbons (Fsp3) is 0.500. The van der Waals surface area contributed by atoms with Crippen LogP contribution in [0.25, 0.3) is 0 Å². The van der Waals surface area contributed by atoms with E-state index in [9.17, 15) is 13.2 Å². The van der Waals surface area contributed by atoms with Crippen molar-refractivity contribution in [1.29, 1.82) is 0 Å². The molecule has 1 aliphatic heterocycles. The Morgan fingerprint density at radius 3 is 2.32 bits per heavy atom. The highest BCUT2D eigenvalue weighted by atomic mass is 35.5. The highest BCUT2D eigenvalue weighted by molar-refractivity contribution is 7.86. The van der Waals surface area contributed by atoms with Crippen LogP contribution in [0.2, 0.25) is 5.02 Å². The maximum absolute atomic E-state index is 12.2. The molecule has 0 aromatic carbocycles. The van der Waals surface area contributed by atoms with E-state index in [0.717, 1.165) is 4.31 Å². The number of nitrogens with zero attached hydrogens (tertiary/aromatic N) is 3. The summed E-state index contributed by atoms with van der Waals surface area (Å²) in [5, 5.41) is 5.54. The number of nitrogens with two attached hydrogens (primary N) is 1. The maximum Gasteiger partial charge on any atom is 0.277 e. The predicted octanol–water partition coefficient (Wildman–Crippen LogP) is -0.360. The summed E-state index contributed by atoms with van der Waals surface area (Å²) in [6, 6.07) is 1.59. The third-order valence-corrected chi connectivity index (χ3v) is 4.37. The fourth-order valence-corrected chi connectivity index (χ4v) is 2.97. The summed E-state index contributed by atoms with van der Waals surface area (Å²) in [7, 11) is -1.94. The van der Waals surface area contributed by atoms with Crippen molar-refractivity contribution in [3.05, 3.63) is 23.0 Å². The average molecular weight is 307 g/mol. The minimum Gasteiger partial charge on any atom is -0.345 e. The molecule has 0 atom stereocenters. The van der Waals surface area contributed by atoms with E-state index in [2.05, 4.69) is 0 Å². The number of aryl methyl sites for hydroxylation is 1. The second-order valence-electron chi connectivity index (χ2n) is 4.39. The number of carbonyl (C=O) groups is 1. The summed E-state index contributed by atoms with van der Waals surface area (Å²) >= 11 is 5.84. The van der Waals surface area contributed by atoms with Crippen LogP contribution in [0.15, 0.2) is 12.3 Å². The topological polar surface area (TPSA) is 88.6 Å². The Balaban J connectivity index is 2.06. The SMILES string of the molecule is Cn1cc(Cl)cc1C(=O)N1CCN(S(N)(=O)=O)CC1. The van der Waals surface area contributed by atoms with Crippen molar-refractivity contribution in [3.63, 3.8) is 0 Å². The van der Waals surface area contributed by atoms with Crippen LogP contribution in [-0.2, 0) is 17.3 Å². The molecule has 9 heteroatoms. The van der Waals surface area contributed by atoms with Gasteiger partial charge in [0, 0.05) is 39.4 Å². The highest BCUT2D eigenvalue weighted by Gasteiger charge is 2.27. The molecule has 1 saturated heterocycles. The maximum atomic E-state index is 12.2. The molecule has 0 radical (unpaired) electrons. The molecule has 7 nitrogen and oxygen atoms in total. The first kappa shape index (κ1) is 14.3. The molecule has 106 valence electrons. The van der Waals surface area contributed by atoms with Gasteiger partial charge in [0.2, 0.25) is 0 Å². The summed E-state index contributed by atoms with van der Waals surface area (Å²) in [4.78, 5) is 13.8. The van der Waals surface area contributed by atoms with Crippen LogP contribution in [0.4, 0.5) is 0 Å². The lowest BCUT2D eigenvalue weighted by molar-refractivity contribution is 0.0688. The number of hydrogen-bond donors (Lipinski definition) is 1. The zero-order valence-electron chi connectivity index (χ0n) is 10.4. The standard InChI is InChI=1S/C10H15ClN4O3S/c1-13-7-8(11)6-9(13)10(16)14-2-4-15(5-3-14)19(12,17)18/h6-7H,2-5H2,1H3,(H2,12,17,18). The van der Waals surface area contributed by atoms with Gasteiger partial charge in [-0.05, 0) is 6.07 Å². The Hall–Kier alpha value is -1.09. The van der Waals surface area contributed by atoms with E-state index in [1.54, 1.807) is 28.8 Å².